The van der Waals surface area contributed by atoms with E-state index < -0.39 is 0 Å². The molecule has 1 saturated heterocycles. The fraction of sp³-hybridized carbons (Fsp3) is 0.0833. The Hall–Kier alpha value is -2.87. The molecule has 3 aromatic carbocycles. The van der Waals surface area contributed by atoms with E-state index >= 15 is 0 Å². The second-order valence-corrected chi connectivity index (χ2v) is 8.90. The Kier molecular flexibility index (Phi) is 6.79. The molecule has 0 bridgehead atoms. The Balaban J connectivity index is 1.54. The van der Waals surface area contributed by atoms with E-state index in [0.717, 1.165) is 5.56 Å². The number of carbonyl (C=O) groups is 1. The number of anilines is 1. The van der Waals surface area contributed by atoms with Crippen molar-refractivity contribution in [2.24, 2.45) is 0 Å². The standard InChI is InChI=1S/C24H17ClFNO3S2/c1-29-21-11-15(9-10-20(21)30-14-16-5-2-3-8-19(16)26)12-22-23(28)27(24(31)32-22)18-7-4-6-17(25)13-18/h2-13H,14H2,1H3/b22-12+. The highest BCUT2D eigenvalue weighted by Crippen LogP contribution is 2.38. The molecule has 0 spiro atoms. The first-order valence-electron chi connectivity index (χ1n) is 9.54. The number of thioether (sulfide) groups is 1. The van der Waals surface area contributed by atoms with Crippen LogP contribution in [-0.4, -0.2) is 17.3 Å². The smallest absolute Gasteiger partial charge is 0.270 e. The molecule has 1 amide bonds. The molecular formula is C24H17ClFNO3S2. The van der Waals surface area contributed by atoms with Crippen LogP contribution in [0.4, 0.5) is 10.1 Å². The Morgan fingerprint density at radius 1 is 1.09 bits per heavy atom. The number of nitrogens with zero attached hydrogens (tertiary/aromatic N) is 1. The molecule has 32 heavy (non-hydrogen) atoms. The highest BCUT2D eigenvalue weighted by atomic mass is 35.5. The van der Waals surface area contributed by atoms with Gasteiger partial charge in [0.15, 0.2) is 15.8 Å². The fourth-order valence-electron chi connectivity index (χ4n) is 3.12. The summed E-state index contributed by atoms with van der Waals surface area (Å²) in [6, 6.07) is 18.7. The largest absolute Gasteiger partial charge is 0.493 e. The molecule has 0 unspecified atom stereocenters. The van der Waals surface area contributed by atoms with E-state index in [-0.39, 0.29) is 18.3 Å². The lowest BCUT2D eigenvalue weighted by Gasteiger charge is -2.14. The first-order valence-corrected chi connectivity index (χ1v) is 11.1. The molecule has 1 aliphatic heterocycles. The predicted molar refractivity (Wildman–Crippen MR) is 131 cm³/mol. The number of ether oxygens (including phenoxy) is 2. The van der Waals surface area contributed by atoms with Crippen molar-refractivity contribution >= 4 is 57.6 Å². The van der Waals surface area contributed by atoms with E-state index in [1.807, 2.05) is 0 Å². The van der Waals surface area contributed by atoms with Gasteiger partial charge in [0.05, 0.1) is 17.7 Å². The lowest BCUT2D eigenvalue weighted by Crippen LogP contribution is -2.27. The van der Waals surface area contributed by atoms with Crippen LogP contribution in [0.1, 0.15) is 11.1 Å². The van der Waals surface area contributed by atoms with Crippen molar-refractivity contribution in [3.05, 3.63) is 93.6 Å². The van der Waals surface area contributed by atoms with Crippen LogP contribution in [0.15, 0.2) is 71.6 Å². The van der Waals surface area contributed by atoms with Crippen molar-refractivity contribution in [1.29, 1.82) is 0 Å². The molecule has 162 valence electrons. The van der Waals surface area contributed by atoms with E-state index in [9.17, 15) is 9.18 Å². The quantitative estimate of drug-likeness (QED) is 0.295. The Bertz CT molecular complexity index is 1230. The van der Waals surface area contributed by atoms with E-state index in [4.69, 9.17) is 33.3 Å². The minimum atomic E-state index is -0.329. The average Bonchev–Trinajstić information content (AvgIpc) is 3.06. The van der Waals surface area contributed by atoms with E-state index in [2.05, 4.69) is 0 Å². The number of carbonyl (C=O) groups excluding carboxylic acids is 1. The van der Waals surface area contributed by atoms with Gasteiger partial charge in [0.1, 0.15) is 12.4 Å². The molecule has 4 rings (SSSR count). The van der Waals surface area contributed by atoms with E-state index in [1.54, 1.807) is 66.7 Å². The SMILES string of the molecule is COc1cc(/C=C2/SC(=S)N(c3cccc(Cl)c3)C2=O)ccc1OCc1ccccc1F. The molecule has 4 nitrogen and oxygen atoms in total. The molecule has 0 aromatic heterocycles. The molecule has 3 aromatic rings. The molecule has 1 aliphatic rings. The van der Waals surface area contributed by atoms with Gasteiger partial charge in [-0.05, 0) is 48.0 Å². The van der Waals surface area contributed by atoms with Gasteiger partial charge in [-0.25, -0.2) is 4.39 Å². The number of benzene rings is 3. The first kappa shape index (κ1) is 22.3. The number of amides is 1. The number of hydrogen-bond acceptors (Lipinski definition) is 5. The van der Waals surface area contributed by atoms with Gasteiger partial charge in [-0.15, -0.1) is 0 Å². The van der Waals surface area contributed by atoms with E-state index in [1.165, 1.54) is 29.8 Å². The summed E-state index contributed by atoms with van der Waals surface area (Å²) in [6.07, 6.45) is 1.74. The van der Waals surface area contributed by atoms with Crippen LogP contribution in [0.5, 0.6) is 11.5 Å². The third-order valence-corrected chi connectivity index (χ3v) is 6.22. The van der Waals surface area contributed by atoms with E-state index in [0.29, 0.717) is 37.0 Å². The Morgan fingerprint density at radius 3 is 2.66 bits per heavy atom. The summed E-state index contributed by atoms with van der Waals surface area (Å²) in [6.45, 7) is 0.0701. The van der Waals surface area contributed by atoms with Gasteiger partial charge in [-0.3, -0.25) is 9.69 Å². The van der Waals surface area contributed by atoms with Crippen LogP contribution in [-0.2, 0) is 11.4 Å². The molecular weight excluding hydrogens is 469 g/mol. The molecule has 0 radical (unpaired) electrons. The monoisotopic (exact) mass is 485 g/mol. The van der Waals surface area contributed by atoms with Gasteiger partial charge in [0, 0.05) is 10.6 Å². The number of methoxy groups -OCH3 is 1. The molecule has 0 N–H and O–H groups in total. The van der Waals surface area contributed by atoms with Crippen molar-refractivity contribution in [3.8, 4) is 11.5 Å². The minimum absolute atomic E-state index is 0.0701. The van der Waals surface area contributed by atoms with Crippen molar-refractivity contribution in [1.82, 2.24) is 0 Å². The zero-order valence-electron chi connectivity index (χ0n) is 16.9. The summed E-state index contributed by atoms with van der Waals surface area (Å²) in [5.74, 6) is 0.394. The van der Waals surface area contributed by atoms with Crippen molar-refractivity contribution in [2.75, 3.05) is 12.0 Å². The van der Waals surface area contributed by atoms with Gasteiger partial charge in [0.25, 0.3) is 5.91 Å². The minimum Gasteiger partial charge on any atom is -0.493 e. The van der Waals surface area contributed by atoms with Crippen molar-refractivity contribution < 1.29 is 18.7 Å². The maximum absolute atomic E-state index is 13.8. The zero-order chi connectivity index (χ0) is 22.7. The van der Waals surface area contributed by atoms with Gasteiger partial charge in [0.2, 0.25) is 0 Å². The van der Waals surface area contributed by atoms with Crippen LogP contribution >= 0.6 is 35.6 Å². The highest BCUT2D eigenvalue weighted by molar-refractivity contribution is 8.27. The topological polar surface area (TPSA) is 38.8 Å². The summed E-state index contributed by atoms with van der Waals surface area (Å²) < 4.78 is 25.4. The van der Waals surface area contributed by atoms with Crippen molar-refractivity contribution in [3.63, 3.8) is 0 Å². The fourth-order valence-corrected chi connectivity index (χ4v) is 4.60. The van der Waals surface area contributed by atoms with Crippen molar-refractivity contribution in [2.45, 2.75) is 6.61 Å². The van der Waals surface area contributed by atoms with Gasteiger partial charge >= 0.3 is 0 Å². The molecule has 0 aliphatic carbocycles. The molecule has 1 heterocycles. The Morgan fingerprint density at radius 2 is 1.91 bits per heavy atom. The summed E-state index contributed by atoms with van der Waals surface area (Å²) in [5, 5.41) is 0.524. The van der Waals surface area contributed by atoms with Crippen LogP contribution in [0.3, 0.4) is 0 Å². The summed E-state index contributed by atoms with van der Waals surface area (Å²) in [5.41, 5.74) is 1.81. The normalized spacial score (nSPS) is 14.8. The second-order valence-electron chi connectivity index (χ2n) is 6.79. The maximum atomic E-state index is 13.8. The third kappa shape index (κ3) is 4.80. The summed E-state index contributed by atoms with van der Waals surface area (Å²) in [4.78, 5) is 14.9. The maximum Gasteiger partial charge on any atom is 0.270 e. The summed E-state index contributed by atoms with van der Waals surface area (Å²) in [7, 11) is 1.52. The van der Waals surface area contributed by atoms with Gasteiger partial charge in [-0.2, -0.15) is 0 Å². The summed E-state index contributed by atoms with van der Waals surface area (Å²) >= 11 is 12.7. The number of rotatable bonds is 6. The number of hydrogen-bond donors (Lipinski definition) is 0. The number of thiocarbonyl (C=S) groups is 1. The number of halogens is 2. The van der Waals surface area contributed by atoms with Crippen LogP contribution in [0.2, 0.25) is 5.02 Å². The third-order valence-electron chi connectivity index (χ3n) is 4.69. The van der Waals surface area contributed by atoms with Crippen LogP contribution in [0, 0.1) is 5.82 Å². The first-order chi connectivity index (χ1) is 15.5. The van der Waals surface area contributed by atoms with Gasteiger partial charge in [-0.1, -0.05) is 65.9 Å². The van der Waals surface area contributed by atoms with Gasteiger partial charge < -0.3 is 9.47 Å². The predicted octanol–water partition coefficient (Wildman–Crippen LogP) is 6.47. The molecule has 0 saturated carbocycles. The second kappa shape index (κ2) is 9.73. The molecule has 0 atom stereocenters. The lowest BCUT2D eigenvalue weighted by molar-refractivity contribution is -0.113. The highest BCUT2D eigenvalue weighted by Gasteiger charge is 2.33. The van der Waals surface area contributed by atoms with Crippen LogP contribution < -0.4 is 14.4 Å². The average molecular weight is 486 g/mol. The lowest BCUT2D eigenvalue weighted by atomic mass is 10.1. The van der Waals surface area contributed by atoms with Crippen LogP contribution in [0.25, 0.3) is 6.08 Å². The Labute approximate surface area is 199 Å². The molecule has 1 fully saturated rings. The zero-order valence-corrected chi connectivity index (χ0v) is 19.3. The molecule has 8 heteroatoms.